The van der Waals surface area contributed by atoms with Crippen molar-refractivity contribution < 1.29 is 57.1 Å². The Bertz CT molecular complexity index is 2470. The second-order valence-corrected chi connectivity index (χ2v) is 15.0. The minimum Gasteiger partial charge on any atom is -0.537 e. The van der Waals surface area contributed by atoms with E-state index in [0.29, 0.717) is 82.3 Å². The molecule has 0 aliphatic heterocycles. The first-order valence-corrected chi connectivity index (χ1v) is 19.9. The largest absolute Gasteiger partial charge is 0.569 e. The van der Waals surface area contributed by atoms with Crippen LogP contribution in [0.25, 0.3) is 11.1 Å². The zero-order valence-electron chi connectivity index (χ0n) is 34.5. The molecule has 0 spiro atoms. The number of imidazole rings is 2. The van der Waals surface area contributed by atoms with Gasteiger partial charge in [-0.15, -0.1) is 0 Å². The highest BCUT2D eigenvalue weighted by Crippen LogP contribution is 2.19. The van der Waals surface area contributed by atoms with Crippen LogP contribution in [0.3, 0.4) is 0 Å². The Morgan fingerprint density at radius 2 is 1.08 bits per heavy atom. The lowest BCUT2D eigenvalue weighted by molar-refractivity contribution is -0.689. The van der Waals surface area contributed by atoms with E-state index in [0.717, 1.165) is 33.4 Å². The van der Waals surface area contributed by atoms with Gasteiger partial charge >= 0.3 is 26.7 Å². The molecule has 4 aromatic heterocycles. The standard InChI is InChI=1S/C45H51B2N6O8/c1-34(2)44(54)59-20-5-10-50-15-17-52(32-50)30-37-22-36(24-42(25-37)47(57)58)28-48-11-6-40(7-12-48)41-8-13-49(14-9-41)29-38-23-39(27-43(26-38)61-46-56)31-53-18-16-51(33-53)19-21-60-45(55)35(3)4/h6-9,11-18,22-27,32-33,56-58H,1,3,5,10,19-21,28-31H2,2,4H3/q+4. The summed E-state index contributed by atoms with van der Waals surface area (Å²) in [6.07, 6.45) is 20.4. The number of ether oxygens (including phenoxy) is 2. The SMILES string of the molecule is C=C(C)C(=O)OCCCn1cc[n+](Cc2cc(C[n+]3ccc(-c4cc[n+](Cc5cc(C[n+]6ccn(CCOC(=O)C(=C)C)c6)cc(O[B]O)c5)cc4)cc3)cc(B(O)O)c2)c1. The fraction of sp³-hybridized carbons (Fsp3) is 0.244. The fourth-order valence-electron chi connectivity index (χ4n) is 6.75. The summed E-state index contributed by atoms with van der Waals surface area (Å²) in [6.45, 7) is 14.4. The number of carbonyl (C=O) groups excluding carboxylic acids is 2. The predicted octanol–water partition coefficient (Wildman–Crippen LogP) is 1.51. The Morgan fingerprint density at radius 3 is 1.54 bits per heavy atom. The molecule has 1 radical (unpaired) electrons. The van der Waals surface area contributed by atoms with Crippen LogP contribution in [0.1, 0.15) is 42.5 Å². The van der Waals surface area contributed by atoms with E-state index in [1.165, 1.54) is 0 Å². The van der Waals surface area contributed by atoms with Gasteiger partial charge in [0.15, 0.2) is 37.9 Å². The number of aromatic nitrogens is 6. The highest BCUT2D eigenvalue weighted by molar-refractivity contribution is 6.58. The van der Waals surface area contributed by atoms with Crippen LogP contribution >= 0.6 is 0 Å². The fourth-order valence-corrected chi connectivity index (χ4v) is 6.75. The Kier molecular flexibility index (Phi) is 15.2. The normalized spacial score (nSPS) is 10.9. The molecule has 2 aromatic carbocycles. The quantitative estimate of drug-likeness (QED) is 0.0326. The monoisotopic (exact) mass is 825 g/mol. The molecule has 16 heteroatoms. The number of rotatable bonds is 21. The van der Waals surface area contributed by atoms with E-state index >= 15 is 0 Å². The lowest BCUT2D eigenvalue weighted by atomic mass is 9.78. The van der Waals surface area contributed by atoms with Crippen LogP contribution in [0, 0.1) is 0 Å². The molecule has 0 amide bonds. The minimum atomic E-state index is -1.60. The maximum Gasteiger partial charge on any atom is 0.569 e. The molecule has 61 heavy (non-hydrogen) atoms. The number of esters is 2. The van der Waals surface area contributed by atoms with Crippen LogP contribution in [-0.2, 0) is 58.3 Å². The van der Waals surface area contributed by atoms with E-state index in [4.69, 9.17) is 14.1 Å². The van der Waals surface area contributed by atoms with Crippen molar-refractivity contribution in [1.82, 2.24) is 9.13 Å². The predicted molar refractivity (Wildman–Crippen MR) is 225 cm³/mol. The Morgan fingerprint density at radius 1 is 0.639 bits per heavy atom. The summed E-state index contributed by atoms with van der Waals surface area (Å²) in [5.74, 6) is -0.267. The van der Waals surface area contributed by atoms with Crippen LogP contribution in [-0.4, -0.2) is 64.2 Å². The first kappa shape index (κ1) is 44.0. The molecule has 0 bridgehead atoms. The van der Waals surface area contributed by atoms with E-state index in [1.54, 1.807) is 19.9 Å². The molecule has 3 N–H and O–H groups in total. The molecule has 0 saturated heterocycles. The van der Waals surface area contributed by atoms with Crippen molar-refractivity contribution in [2.24, 2.45) is 0 Å². The average Bonchev–Trinajstić information content (AvgIpc) is 3.88. The smallest absolute Gasteiger partial charge is 0.537 e. The Balaban J connectivity index is 1.05. The molecule has 14 nitrogen and oxygen atoms in total. The highest BCUT2D eigenvalue weighted by Gasteiger charge is 2.18. The van der Waals surface area contributed by atoms with Crippen molar-refractivity contribution >= 4 is 32.2 Å². The summed E-state index contributed by atoms with van der Waals surface area (Å²) in [7, 11) is -0.921. The van der Waals surface area contributed by atoms with Gasteiger partial charge in [0.2, 0.25) is 12.7 Å². The maximum atomic E-state index is 11.7. The number of aryl methyl sites for hydroxylation is 1. The van der Waals surface area contributed by atoms with Crippen LogP contribution in [0.5, 0.6) is 5.75 Å². The molecule has 0 saturated carbocycles. The van der Waals surface area contributed by atoms with Gasteiger partial charge in [0, 0.05) is 53.0 Å². The number of benzene rings is 2. The molecular weight excluding hydrogens is 774 g/mol. The zero-order valence-corrected chi connectivity index (χ0v) is 34.5. The molecule has 0 unspecified atom stereocenters. The Hall–Kier alpha value is -6.61. The van der Waals surface area contributed by atoms with Crippen LogP contribution in [0.15, 0.2) is 147 Å². The van der Waals surface area contributed by atoms with Gasteiger partial charge in [0.05, 0.1) is 13.2 Å². The van der Waals surface area contributed by atoms with Crippen LogP contribution in [0.2, 0.25) is 0 Å². The number of carbonyl (C=O) groups is 2. The molecule has 4 heterocycles. The molecule has 0 fully saturated rings. The van der Waals surface area contributed by atoms with Crippen molar-refractivity contribution in [1.29, 1.82) is 0 Å². The summed E-state index contributed by atoms with van der Waals surface area (Å²) in [5, 5.41) is 29.5. The molecule has 0 aliphatic carbocycles. The molecular formula is C45H51B2N6O8+4. The van der Waals surface area contributed by atoms with Crippen molar-refractivity contribution in [2.75, 3.05) is 13.2 Å². The van der Waals surface area contributed by atoms with Crippen LogP contribution < -0.4 is 28.4 Å². The molecule has 6 aromatic rings. The molecule has 6 rings (SSSR count). The molecule has 0 atom stereocenters. The second-order valence-electron chi connectivity index (χ2n) is 15.0. The topological polar surface area (TPSA) is 148 Å². The molecule has 0 aliphatic rings. The number of pyridine rings is 2. The average molecular weight is 826 g/mol. The van der Waals surface area contributed by atoms with E-state index < -0.39 is 13.1 Å². The first-order chi connectivity index (χ1) is 29.4. The van der Waals surface area contributed by atoms with E-state index in [-0.39, 0.29) is 12.6 Å². The van der Waals surface area contributed by atoms with E-state index in [1.807, 2.05) is 98.7 Å². The van der Waals surface area contributed by atoms with E-state index in [2.05, 4.69) is 58.7 Å². The van der Waals surface area contributed by atoms with Gasteiger partial charge in [-0.05, 0) is 65.8 Å². The van der Waals surface area contributed by atoms with Crippen molar-refractivity contribution in [3.05, 3.63) is 169 Å². The van der Waals surface area contributed by atoms with E-state index in [9.17, 15) is 24.7 Å². The van der Waals surface area contributed by atoms with Gasteiger partial charge in [-0.25, -0.2) is 37.0 Å². The van der Waals surface area contributed by atoms with Crippen molar-refractivity contribution in [3.8, 4) is 16.9 Å². The third kappa shape index (κ3) is 13.2. The van der Waals surface area contributed by atoms with Gasteiger partial charge in [-0.2, -0.15) is 0 Å². The lowest BCUT2D eigenvalue weighted by Gasteiger charge is -2.08. The lowest BCUT2D eigenvalue weighted by Crippen LogP contribution is -2.37. The number of hydrogen-bond donors (Lipinski definition) is 3. The number of nitrogens with zero attached hydrogens (tertiary/aromatic N) is 6. The molecule has 311 valence electrons. The maximum absolute atomic E-state index is 11.7. The van der Waals surface area contributed by atoms with Gasteiger partial charge in [-0.3, -0.25) is 0 Å². The highest BCUT2D eigenvalue weighted by atomic mass is 16.5. The summed E-state index contributed by atoms with van der Waals surface area (Å²) < 4.78 is 27.9. The van der Waals surface area contributed by atoms with Gasteiger partial charge in [-0.1, -0.05) is 25.3 Å². The minimum absolute atomic E-state index is 0.245. The summed E-state index contributed by atoms with van der Waals surface area (Å²) in [4.78, 5) is 23.3. The third-order valence-corrected chi connectivity index (χ3v) is 9.73. The van der Waals surface area contributed by atoms with Crippen molar-refractivity contribution in [3.63, 3.8) is 0 Å². The second kappa shape index (κ2) is 21.1. The summed E-state index contributed by atoms with van der Waals surface area (Å²) in [5.41, 5.74) is 7.12. The Labute approximate surface area is 356 Å². The zero-order chi connectivity index (χ0) is 43.3. The number of hydrogen-bond acceptors (Lipinski definition) is 8. The third-order valence-electron chi connectivity index (χ3n) is 9.73. The first-order valence-electron chi connectivity index (χ1n) is 19.9. The summed E-state index contributed by atoms with van der Waals surface area (Å²) in [6, 6.07) is 19.8. The summed E-state index contributed by atoms with van der Waals surface area (Å²) >= 11 is 0. The van der Waals surface area contributed by atoms with Gasteiger partial charge in [0.25, 0.3) is 0 Å². The van der Waals surface area contributed by atoms with Gasteiger partial charge in [0.1, 0.15) is 56.8 Å². The van der Waals surface area contributed by atoms with Crippen molar-refractivity contribution in [2.45, 2.75) is 59.5 Å². The van der Waals surface area contributed by atoms with Crippen LogP contribution in [0.4, 0.5) is 0 Å². The van der Waals surface area contributed by atoms with Gasteiger partial charge < -0.3 is 29.2 Å².